The number of carbonyl (C=O) groups excluding carboxylic acids is 2. The van der Waals surface area contributed by atoms with Gasteiger partial charge in [0, 0.05) is 32.7 Å². The van der Waals surface area contributed by atoms with Crippen molar-refractivity contribution in [3.05, 3.63) is 29.8 Å². The number of nitrogens with zero attached hydrogens (tertiary/aromatic N) is 1. The van der Waals surface area contributed by atoms with Crippen LogP contribution >= 0.6 is 0 Å². The minimum Gasteiger partial charge on any atom is -0.352 e. The Balaban J connectivity index is 1.88. The molecule has 2 rings (SSSR count). The van der Waals surface area contributed by atoms with Gasteiger partial charge in [-0.25, -0.2) is 4.79 Å². The van der Waals surface area contributed by atoms with Gasteiger partial charge >= 0.3 is 6.03 Å². The Hall–Kier alpha value is -2.08. The quantitative estimate of drug-likeness (QED) is 0.740. The average Bonchev–Trinajstić information content (AvgIpc) is 2.61. The SMILES string of the molecule is CN(C)C(=O)Nc1cccc(CNC(=O)CC2(CN)CCCCC2)c1. The first-order chi connectivity index (χ1) is 11.9. The van der Waals surface area contributed by atoms with Gasteiger partial charge in [-0.15, -0.1) is 0 Å². The van der Waals surface area contributed by atoms with Gasteiger partial charge in [-0.1, -0.05) is 31.4 Å². The van der Waals surface area contributed by atoms with Crippen LogP contribution in [-0.2, 0) is 11.3 Å². The van der Waals surface area contributed by atoms with Crippen LogP contribution in [0.1, 0.15) is 44.1 Å². The number of hydrogen-bond acceptors (Lipinski definition) is 3. The van der Waals surface area contributed by atoms with Crippen LogP contribution in [0.25, 0.3) is 0 Å². The molecular formula is C19H30N4O2. The lowest BCUT2D eigenvalue weighted by atomic mass is 9.71. The van der Waals surface area contributed by atoms with Gasteiger partial charge in [0.2, 0.25) is 5.91 Å². The summed E-state index contributed by atoms with van der Waals surface area (Å²) in [6.45, 7) is 1.03. The Labute approximate surface area is 150 Å². The predicted molar refractivity (Wildman–Crippen MR) is 100 cm³/mol. The molecule has 25 heavy (non-hydrogen) atoms. The zero-order chi connectivity index (χ0) is 18.3. The highest BCUT2D eigenvalue weighted by Gasteiger charge is 2.32. The van der Waals surface area contributed by atoms with E-state index >= 15 is 0 Å². The number of nitrogens with one attached hydrogen (secondary N) is 2. The van der Waals surface area contributed by atoms with Gasteiger partial charge in [0.15, 0.2) is 0 Å². The summed E-state index contributed by atoms with van der Waals surface area (Å²) in [5, 5.41) is 5.80. The molecule has 0 bridgehead atoms. The Kier molecular flexibility index (Phi) is 6.82. The topological polar surface area (TPSA) is 87.5 Å². The zero-order valence-corrected chi connectivity index (χ0v) is 15.3. The summed E-state index contributed by atoms with van der Waals surface area (Å²) in [6, 6.07) is 7.34. The molecule has 1 aliphatic carbocycles. The van der Waals surface area contributed by atoms with Crippen molar-refractivity contribution in [2.24, 2.45) is 11.1 Å². The Bertz CT molecular complexity index is 595. The molecule has 138 valence electrons. The maximum absolute atomic E-state index is 12.4. The number of anilines is 1. The Morgan fingerprint density at radius 1 is 1.20 bits per heavy atom. The highest BCUT2D eigenvalue weighted by molar-refractivity contribution is 5.89. The molecule has 6 heteroatoms. The van der Waals surface area contributed by atoms with Crippen LogP contribution in [-0.4, -0.2) is 37.5 Å². The molecule has 0 heterocycles. The molecule has 0 atom stereocenters. The maximum atomic E-state index is 12.4. The first-order valence-electron chi connectivity index (χ1n) is 8.98. The zero-order valence-electron chi connectivity index (χ0n) is 15.3. The molecule has 3 amide bonds. The van der Waals surface area contributed by atoms with Gasteiger partial charge in [-0.2, -0.15) is 0 Å². The molecular weight excluding hydrogens is 316 g/mol. The van der Waals surface area contributed by atoms with Crippen LogP contribution in [0.15, 0.2) is 24.3 Å². The molecule has 0 unspecified atom stereocenters. The Morgan fingerprint density at radius 3 is 2.56 bits per heavy atom. The minimum absolute atomic E-state index is 0.0239. The summed E-state index contributed by atoms with van der Waals surface area (Å²) in [4.78, 5) is 25.5. The normalized spacial score (nSPS) is 16.1. The fourth-order valence-electron chi connectivity index (χ4n) is 3.35. The highest BCUT2D eigenvalue weighted by atomic mass is 16.2. The molecule has 0 spiro atoms. The third-order valence-corrected chi connectivity index (χ3v) is 4.96. The van der Waals surface area contributed by atoms with E-state index in [1.165, 1.54) is 11.3 Å². The molecule has 0 radical (unpaired) electrons. The van der Waals surface area contributed by atoms with Crippen molar-refractivity contribution in [2.75, 3.05) is 26.0 Å². The summed E-state index contributed by atoms with van der Waals surface area (Å²) in [7, 11) is 3.38. The first kappa shape index (κ1) is 19.2. The van der Waals surface area contributed by atoms with Crippen molar-refractivity contribution in [3.63, 3.8) is 0 Å². The summed E-state index contributed by atoms with van der Waals surface area (Å²) >= 11 is 0. The third kappa shape index (κ3) is 5.74. The van der Waals surface area contributed by atoms with Crippen LogP contribution in [0.3, 0.4) is 0 Å². The van der Waals surface area contributed by atoms with E-state index in [0.29, 0.717) is 19.5 Å². The molecule has 0 aromatic heterocycles. The standard InChI is InChI=1S/C19H30N4O2/c1-23(2)18(25)22-16-8-6-7-15(11-16)13-21-17(24)12-19(14-20)9-4-3-5-10-19/h6-8,11H,3-5,9-10,12-14,20H2,1-2H3,(H,21,24)(H,22,25). The number of amides is 3. The van der Waals surface area contributed by atoms with E-state index in [0.717, 1.165) is 36.9 Å². The number of carbonyl (C=O) groups is 2. The molecule has 1 fully saturated rings. The first-order valence-corrected chi connectivity index (χ1v) is 8.98. The van der Waals surface area contributed by atoms with Crippen molar-refractivity contribution in [3.8, 4) is 0 Å². The monoisotopic (exact) mass is 346 g/mol. The van der Waals surface area contributed by atoms with E-state index in [1.54, 1.807) is 14.1 Å². The van der Waals surface area contributed by atoms with Crippen molar-refractivity contribution in [1.82, 2.24) is 10.2 Å². The number of urea groups is 1. The highest BCUT2D eigenvalue weighted by Crippen LogP contribution is 2.38. The number of nitrogens with two attached hydrogens (primary N) is 1. The molecule has 1 saturated carbocycles. The Morgan fingerprint density at radius 2 is 1.92 bits per heavy atom. The van der Waals surface area contributed by atoms with Gasteiger partial charge < -0.3 is 21.3 Å². The van der Waals surface area contributed by atoms with E-state index in [2.05, 4.69) is 10.6 Å². The molecule has 6 nitrogen and oxygen atoms in total. The lowest BCUT2D eigenvalue weighted by molar-refractivity contribution is -0.124. The van der Waals surface area contributed by atoms with Gasteiger partial charge in [0.1, 0.15) is 0 Å². The maximum Gasteiger partial charge on any atom is 0.321 e. The van der Waals surface area contributed by atoms with E-state index in [4.69, 9.17) is 5.73 Å². The summed E-state index contributed by atoms with van der Waals surface area (Å²) in [6.07, 6.45) is 6.16. The van der Waals surface area contributed by atoms with Crippen molar-refractivity contribution in [2.45, 2.75) is 45.1 Å². The lowest BCUT2D eigenvalue weighted by Gasteiger charge is -2.35. The summed E-state index contributed by atoms with van der Waals surface area (Å²) in [5.74, 6) is 0.0510. The second-order valence-electron chi connectivity index (χ2n) is 7.24. The van der Waals surface area contributed by atoms with Gasteiger partial charge in [0.05, 0.1) is 0 Å². The fourth-order valence-corrected chi connectivity index (χ4v) is 3.35. The molecule has 1 aromatic rings. The minimum atomic E-state index is -0.177. The van der Waals surface area contributed by atoms with Crippen LogP contribution in [0.2, 0.25) is 0 Å². The van der Waals surface area contributed by atoms with Crippen LogP contribution < -0.4 is 16.4 Å². The predicted octanol–water partition coefficient (Wildman–Crippen LogP) is 2.70. The number of hydrogen-bond donors (Lipinski definition) is 3. The van der Waals surface area contributed by atoms with Crippen molar-refractivity contribution >= 4 is 17.6 Å². The molecule has 0 aliphatic heterocycles. The van der Waals surface area contributed by atoms with Gasteiger partial charge in [0.25, 0.3) is 0 Å². The summed E-state index contributed by atoms with van der Waals surface area (Å²) in [5.41, 5.74) is 7.61. The van der Waals surface area contributed by atoms with Gasteiger partial charge in [-0.3, -0.25) is 4.79 Å². The van der Waals surface area contributed by atoms with Crippen LogP contribution in [0.4, 0.5) is 10.5 Å². The molecule has 1 aliphatic rings. The lowest BCUT2D eigenvalue weighted by Crippen LogP contribution is -2.38. The third-order valence-electron chi connectivity index (χ3n) is 4.96. The second kappa shape index (κ2) is 8.85. The van der Waals surface area contributed by atoms with E-state index in [-0.39, 0.29) is 17.4 Å². The molecule has 1 aromatic carbocycles. The van der Waals surface area contributed by atoms with E-state index in [1.807, 2.05) is 24.3 Å². The van der Waals surface area contributed by atoms with Crippen molar-refractivity contribution < 1.29 is 9.59 Å². The van der Waals surface area contributed by atoms with Crippen LogP contribution in [0.5, 0.6) is 0 Å². The molecule has 4 N–H and O–H groups in total. The number of benzene rings is 1. The second-order valence-corrected chi connectivity index (χ2v) is 7.24. The number of rotatable bonds is 6. The van der Waals surface area contributed by atoms with Crippen molar-refractivity contribution in [1.29, 1.82) is 0 Å². The van der Waals surface area contributed by atoms with E-state index < -0.39 is 0 Å². The largest absolute Gasteiger partial charge is 0.352 e. The fraction of sp³-hybridized carbons (Fsp3) is 0.579. The smallest absolute Gasteiger partial charge is 0.321 e. The van der Waals surface area contributed by atoms with E-state index in [9.17, 15) is 9.59 Å². The van der Waals surface area contributed by atoms with Crippen LogP contribution in [0, 0.1) is 5.41 Å². The van der Waals surface area contributed by atoms with Gasteiger partial charge in [-0.05, 0) is 42.5 Å². The summed E-state index contributed by atoms with van der Waals surface area (Å²) < 4.78 is 0. The molecule has 0 saturated heterocycles. The average molecular weight is 346 g/mol.